The van der Waals surface area contributed by atoms with Gasteiger partial charge in [-0.25, -0.2) is 4.39 Å². The minimum absolute atomic E-state index is 0. The molecular formula is C7H12FN2OY-. The van der Waals surface area contributed by atoms with Crippen molar-refractivity contribution in [2.24, 2.45) is 5.92 Å². The molecule has 5 heteroatoms. The monoisotopic (exact) mass is 248 g/mol. The average Bonchev–Trinajstić information content (AvgIpc) is 1.93. The molecule has 1 amide bonds. The van der Waals surface area contributed by atoms with Crippen LogP contribution in [0.4, 0.5) is 4.39 Å². The fraction of sp³-hybridized carbons (Fsp3) is 0.857. The number of piperidine rings is 1. The van der Waals surface area contributed by atoms with Gasteiger partial charge in [0.25, 0.3) is 0 Å². The number of carbonyl (C=O) groups is 1. The molecule has 1 rings (SSSR count). The van der Waals surface area contributed by atoms with Gasteiger partial charge in [0.1, 0.15) is 6.17 Å². The molecule has 0 aromatic rings. The first-order valence-electron chi connectivity index (χ1n) is 3.79. The van der Waals surface area contributed by atoms with Crippen LogP contribution >= 0.6 is 0 Å². The quantitative estimate of drug-likeness (QED) is 0.789. The van der Waals surface area contributed by atoms with E-state index in [9.17, 15) is 9.18 Å². The number of halogens is 1. The summed E-state index contributed by atoms with van der Waals surface area (Å²) in [6, 6.07) is 0. The third-order valence-corrected chi connectivity index (χ3v) is 1.99. The van der Waals surface area contributed by atoms with Crippen LogP contribution in [-0.4, -0.2) is 25.2 Å². The van der Waals surface area contributed by atoms with Crippen LogP contribution < -0.4 is 5.32 Å². The van der Waals surface area contributed by atoms with Gasteiger partial charge in [0, 0.05) is 45.2 Å². The SMILES string of the molecule is [NH-]C(=O)CC1CCNCC1F.[Y]. The first-order chi connectivity index (χ1) is 5.20. The normalized spacial score (nSPS) is 29.1. The van der Waals surface area contributed by atoms with Crippen molar-refractivity contribution in [2.45, 2.75) is 19.0 Å². The van der Waals surface area contributed by atoms with Crippen molar-refractivity contribution in [3.8, 4) is 0 Å². The topological polar surface area (TPSA) is 52.9 Å². The molecule has 67 valence electrons. The van der Waals surface area contributed by atoms with Crippen molar-refractivity contribution in [3.05, 3.63) is 5.73 Å². The fourth-order valence-corrected chi connectivity index (χ4v) is 1.34. The average molecular weight is 248 g/mol. The molecule has 1 saturated heterocycles. The van der Waals surface area contributed by atoms with E-state index in [-0.39, 0.29) is 45.0 Å². The smallest absolute Gasteiger partial charge is 0.116 e. The van der Waals surface area contributed by atoms with Crippen molar-refractivity contribution >= 4 is 5.91 Å². The fourth-order valence-electron chi connectivity index (χ4n) is 1.34. The molecule has 1 heterocycles. The van der Waals surface area contributed by atoms with Gasteiger partial charge in [-0.1, -0.05) is 0 Å². The van der Waals surface area contributed by atoms with Crippen LogP contribution in [0, 0.1) is 5.92 Å². The van der Waals surface area contributed by atoms with E-state index in [0.717, 1.165) is 6.54 Å². The first-order valence-corrected chi connectivity index (χ1v) is 3.79. The molecular weight excluding hydrogens is 236 g/mol. The Hall–Kier alpha value is 0.464. The zero-order valence-corrected chi connectivity index (χ0v) is 9.68. The van der Waals surface area contributed by atoms with Gasteiger partial charge in [-0.3, -0.25) is 0 Å². The van der Waals surface area contributed by atoms with Crippen LogP contribution in [0.1, 0.15) is 12.8 Å². The third kappa shape index (κ3) is 3.92. The summed E-state index contributed by atoms with van der Waals surface area (Å²) in [5.41, 5.74) is 6.68. The van der Waals surface area contributed by atoms with E-state index in [0.29, 0.717) is 13.0 Å². The zero-order chi connectivity index (χ0) is 8.27. The van der Waals surface area contributed by atoms with Gasteiger partial charge in [-0.2, -0.15) is 0 Å². The summed E-state index contributed by atoms with van der Waals surface area (Å²) in [5, 5.41) is 2.89. The molecule has 3 nitrogen and oxygen atoms in total. The molecule has 0 aliphatic carbocycles. The van der Waals surface area contributed by atoms with Gasteiger partial charge in [0.2, 0.25) is 0 Å². The number of alkyl halides is 1. The third-order valence-electron chi connectivity index (χ3n) is 1.99. The molecule has 0 spiro atoms. The Morgan fingerprint density at radius 1 is 1.67 bits per heavy atom. The van der Waals surface area contributed by atoms with Gasteiger partial charge in [0.05, 0.1) is 0 Å². The Labute approximate surface area is 96.5 Å². The number of nitrogens with one attached hydrogen (secondary N) is 2. The summed E-state index contributed by atoms with van der Waals surface area (Å²) in [4.78, 5) is 10.3. The molecule has 1 fully saturated rings. The van der Waals surface area contributed by atoms with E-state index in [4.69, 9.17) is 5.73 Å². The van der Waals surface area contributed by atoms with E-state index in [2.05, 4.69) is 5.32 Å². The van der Waals surface area contributed by atoms with Crippen LogP contribution in [0.5, 0.6) is 0 Å². The Bertz CT molecular complexity index is 156. The maximum absolute atomic E-state index is 12.9. The molecule has 1 radical (unpaired) electrons. The van der Waals surface area contributed by atoms with Crippen LogP contribution in [-0.2, 0) is 37.5 Å². The standard InChI is InChI=1S/C7H13FN2O.Y/c8-6-4-10-2-1-5(6)3-7(9)11;/h5-6,10H,1-4H2,(H2,9,11);/p-1. The number of carbonyl (C=O) groups excluding carboxylic acids is 1. The molecule has 2 N–H and O–H groups in total. The van der Waals surface area contributed by atoms with E-state index in [1.807, 2.05) is 0 Å². The molecule has 0 bridgehead atoms. The maximum Gasteiger partial charge on any atom is 0.116 e. The summed E-state index contributed by atoms with van der Waals surface area (Å²) in [6.07, 6.45) is -0.202. The Balaban J connectivity index is 0.00000121. The molecule has 0 aromatic carbocycles. The van der Waals surface area contributed by atoms with Gasteiger partial charge < -0.3 is 15.8 Å². The predicted octanol–water partition coefficient (Wildman–Crippen LogP) is 0.900. The van der Waals surface area contributed by atoms with E-state index < -0.39 is 12.1 Å². The van der Waals surface area contributed by atoms with Gasteiger partial charge in [0.15, 0.2) is 0 Å². The second-order valence-electron chi connectivity index (χ2n) is 2.90. The molecule has 1 aliphatic rings. The van der Waals surface area contributed by atoms with Gasteiger partial charge >= 0.3 is 0 Å². The van der Waals surface area contributed by atoms with Crippen LogP contribution in [0.25, 0.3) is 5.73 Å². The van der Waals surface area contributed by atoms with Crippen molar-refractivity contribution in [3.63, 3.8) is 0 Å². The minimum atomic E-state index is -0.946. The largest absolute Gasteiger partial charge is 0.668 e. The Morgan fingerprint density at radius 3 is 2.83 bits per heavy atom. The Kier molecular flexibility index (Phi) is 6.23. The van der Waals surface area contributed by atoms with E-state index >= 15 is 0 Å². The number of hydrogen-bond acceptors (Lipinski definition) is 2. The number of rotatable bonds is 2. The van der Waals surface area contributed by atoms with Crippen LogP contribution in [0.2, 0.25) is 0 Å². The predicted molar refractivity (Wildman–Crippen MR) is 39.8 cm³/mol. The summed E-state index contributed by atoms with van der Waals surface area (Å²) in [6.45, 7) is 1.09. The second-order valence-corrected chi connectivity index (χ2v) is 2.90. The molecule has 2 atom stereocenters. The maximum atomic E-state index is 12.9. The molecule has 0 aromatic heterocycles. The van der Waals surface area contributed by atoms with E-state index in [1.165, 1.54) is 0 Å². The van der Waals surface area contributed by atoms with Crippen molar-refractivity contribution < 1.29 is 41.9 Å². The molecule has 0 saturated carbocycles. The second kappa shape index (κ2) is 6.00. The first kappa shape index (κ1) is 12.5. The molecule has 1 aliphatic heterocycles. The Morgan fingerprint density at radius 2 is 2.33 bits per heavy atom. The van der Waals surface area contributed by atoms with Crippen molar-refractivity contribution in [2.75, 3.05) is 13.1 Å². The summed E-state index contributed by atoms with van der Waals surface area (Å²) < 4.78 is 12.9. The number of amides is 1. The van der Waals surface area contributed by atoms with Crippen molar-refractivity contribution in [1.82, 2.24) is 5.32 Å². The summed E-state index contributed by atoms with van der Waals surface area (Å²) in [7, 11) is 0. The van der Waals surface area contributed by atoms with Crippen molar-refractivity contribution in [1.29, 1.82) is 0 Å². The van der Waals surface area contributed by atoms with Gasteiger partial charge in [-0.15, -0.1) is 0 Å². The summed E-state index contributed by atoms with van der Waals surface area (Å²) in [5.74, 6) is -0.874. The van der Waals surface area contributed by atoms with Gasteiger partial charge in [-0.05, 0) is 25.3 Å². The zero-order valence-electron chi connectivity index (χ0n) is 6.85. The van der Waals surface area contributed by atoms with Crippen LogP contribution in [0.3, 0.4) is 0 Å². The van der Waals surface area contributed by atoms with E-state index in [1.54, 1.807) is 0 Å². The van der Waals surface area contributed by atoms with Crippen LogP contribution in [0.15, 0.2) is 0 Å². The molecule has 2 unspecified atom stereocenters. The summed E-state index contributed by atoms with van der Waals surface area (Å²) >= 11 is 0. The number of hydrogen-bond donors (Lipinski definition) is 1. The minimum Gasteiger partial charge on any atom is -0.668 e. The molecule has 12 heavy (non-hydrogen) atoms.